The van der Waals surface area contributed by atoms with Crippen LogP contribution in [0.2, 0.25) is 0 Å². The van der Waals surface area contributed by atoms with Crippen LogP contribution in [0, 0.1) is 0 Å². The highest BCUT2D eigenvalue weighted by Gasteiger charge is 2.66. The highest BCUT2D eigenvalue weighted by atomic mass is 32.3. The van der Waals surface area contributed by atoms with Crippen LogP contribution in [0.5, 0.6) is 0 Å². The van der Waals surface area contributed by atoms with Crippen LogP contribution in [0.3, 0.4) is 0 Å². The number of thiazole rings is 1. The lowest BCUT2D eigenvalue weighted by molar-refractivity contribution is -0.243. The van der Waals surface area contributed by atoms with Gasteiger partial charge in [0.05, 0.1) is 0 Å². The number of nitrogens with zero attached hydrogens (tertiary/aromatic N) is 3. The number of benzene rings is 2. The Kier molecular flexibility index (Phi) is 9.48. The van der Waals surface area contributed by atoms with E-state index in [9.17, 15) is 27.4 Å². The average molecular weight is 643 g/mol. The zero-order valence-corrected chi connectivity index (χ0v) is 23.9. The lowest BCUT2D eigenvalue weighted by atomic mass is 9.65. The Morgan fingerprint density at radius 1 is 1.14 bits per heavy atom. The van der Waals surface area contributed by atoms with E-state index in [1.165, 1.54) is 5.38 Å². The number of amides is 2. The largest absolute Gasteiger partial charge is 0.724 e. The molecular weight excluding hydrogens is 614 g/mol. The van der Waals surface area contributed by atoms with Gasteiger partial charge in [-0.15, -0.1) is 11.3 Å². The Labute approximate surface area is 257 Å². The van der Waals surface area contributed by atoms with Gasteiger partial charge in [0.2, 0.25) is 16.2 Å². The maximum Gasteiger partial charge on any atom is 0.377 e. The molecule has 1 atom stereocenters. The van der Waals surface area contributed by atoms with Crippen molar-refractivity contribution in [3.05, 3.63) is 95.2 Å². The summed E-state index contributed by atoms with van der Waals surface area (Å²) in [7, 11) is -5.22. The molecule has 1 saturated carbocycles. The Bertz CT molecular complexity index is 1650. The first kappa shape index (κ1) is 32.3. The highest BCUT2D eigenvalue weighted by molar-refractivity contribution is 7.80. The van der Waals surface area contributed by atoms with Gasteiger partial charge in [-0.1, -0.05) is 73.2 Å². The number of anilines is 1. The summed E-state index contributed by atoms with van der Waals surface area (Å²) in [6.07, 6.45) is 0.350. The number of ether oxygens (including phenoxy) is 1. The second kappa shape index (κ2) is 12.9. The third kappa shape index (κ3) is 6.62. The van der Waals surface area contributed by atoms with Gasteiger partial charge in [0.15, 0.2) is 16.9 Å². The Balaban J connectivity index is 0.00000442. The molecule has 3 N–H and O–H groups in total. The van der Waals surface area contributed by atoms with Gasteiger partial charge in [-0.2, -0.15) is 9.35 Å². The molecule has 2 aromatic carbocycles. The van der Waals surface area contributed by atoms with E-state index in [-0.39, 0.29) is 31.1 Å². The molecule has 2 amide bonds. The smallest absolute Gasteiger partial charge is 0.377 e. The van der Waals surface area contributed by atoms with Gasteiger partial charge in [-0.05, 0) is 37.0 Å². The fraction of sp³-hybridized carbons (Fsp3) is 0.250. The number of aromatic nitrogens is 1. The molecule has 1 spiro atoms. The molecule has 1 aliphatic heterocycles. The molecule has 5 rings (SSSR count). The summed E-state index contributed by atoms with van der Waals surface area (Å²) in [5.41, 5.74) is 5.40. The maximum absolute atomic E-state index is 13.3. The number of oxime groups is 1. The number of hydrogen-bond donors (Lipinski definition) is 2. The first-order chi connectivity index (χ1) is 20.5. The topological polar surface area (TPSA) is 203 Å². The third-order valence-corrected chi connectivity index (χ3v) is 7.94. The molecule has 232 valence electrons. The molecule has 2 aliphatic rings. The lowest BCUT2D eigenvalue weighted by Gasteiger charge is -2.60. The number of β-lactam (4-membered cyclic amide) rings is 1. The van der Waals surface area contributed by atoms with Crippen molar-refractivity contribution in [3.8, 4) is 0 Å². The van der Waals surface area contributed by atoms with Crippen LogP contribution >= 0.6 is 11.3 Å². The van der Waals surface area contributed by atoms with Crippen molar-refractivity contribution in [3.63, 3.8) is 0 Å². The molecule has 2 heterocycles. The molecule has 16 heteroatoms. The van der Waals surface area contributed by atoms with Crippen LogP contribution in [0.15, 0.2) is 83.5 Å². The summed E-state index contributed by atoms with van der Waals surface area (Å²) in [6.45, 7) is 3.57. The Hall–Kier alpha value is -4.64. The SMILES string of the molecule is C.C=C(O/N=C(\C(=O)NC1C(=O)N(OS(=O)(=O)[O-])C12CCC2)c1csc(N)n1)C(=O)OC(c1ccccc1)c1ccccc1. The minimum Gasteiger partial charge on any atom is -0.724 e. The van der Waals surface area contributed by atoms with E-state index in [0.717, 1.165) is 11.3 Å². The summed E-state index contributed by atoms with van der Waals surface area (Å²) in [5.74, 6) is -3.41. The molecule has 1 unspecified atom stereocenters. The van der Waals surface area contributed by atoms with Crippen molar-refractivity contribution < 1.29 is 41.2 Å². The monoisotopic (exact) mass is 642 g/mol. The average Bonchev–Trinajstić information content (AvgIpc) is 3.39. The number of nitrogens with one attached hydrogen (secondary N) is 1. The number of carbonyl (C=O) groups excluding carboxylic acids is 3. The number of carbonyl (C=O) groups is 3. The molecule has 2 fully saturated rings. The molecule has 14 nitrogen and oxygen atoms in total. The van der Waals surface area contributed by atoms with Crippen LogP contribution in [-0.2, 0) is 38.6 Å². The van der Waals surface area contributed by atoms with Gasteiger partial charge in [0.25, 0.3) is 11.8 Å². The van der Waals surface area contributed by atoms with Gasteiger partial charge in [0, 0.05) is 5.38 Å². The molecule has 1 aliphatic carbocycles. The molecule has 0 bridgehead atoms. The second-order valence-corrected chi connectivity index (χ2v) is 11.5. The van der Waals surface area contributed by atoms with Crippen LogP contribution in [-0.4, -0.2) is 58.1 Å². The predicted octanol–water partition coefficient (Wildman–Crippen LogP) is 2.57. The van der Waals surface area contributed by atoms with Crippen LogP contribution < -0.4 is 11.1 Å². The zero-order valence-electron chi connectivity index (χ0n) is 22.2. The standard InChI is InChI=1S/C27H25N5O9S2.CH4/c1-16(25(35)39-21(17-9-4-2-5-10-17)18-11-6-3-7-12-18)40-31-20(19-15-42-26(28)29-19)23(33)30-22-24(34)32(41-43(36,37)38)27(22)13-8-14-27;/h2-7,9-12,15,21-22H,1,8,13-14H2,(H2,28,29)(H,30,33)(H,36,37,38);1H4/p-1/b31-20-;. The predicted molar refractivity (Wildman–Crippen MR) is 157 cm³/mol. The molecular formula is C28H28N5O9S2-. The minimum atomic E-state index is -5.22. The first-order valence-corrected chi connectivity index (χ1v) is 15.0. The van der Waals surface area contributed by atoms with E-state index < -0.39 is 57.3 Å². The van der Waals surface area contributed by atoms with Gasteiger partial charge in [-0.3, -0.25) is 9.59 Å². The van der Waals surface area contributed by atoms with E-state index in [2.05, 4.69) is 26.3 Å². The van der Waals surface area contributed by atoms with Crippen molar-refractivity contribution in [1.29, 1.82) is 0 Å². The van der Waals surface area contributed by atoms with Gasteiger partial charge >= 0.3 is 5.97 Å². The molecule has 44 heavy (non-hydrogen) atoms. The quantitative estimate of drug-likeness (QED) is 0.0455. The summed E-state index contributed by atoms with van der Waals surface area (Å²) in [6, 6.07) is 16.8. The van der Waals surface area contributed by atoms with Crippen molar-refractivity contribution in [2.75, 3.05) is 5.73 Å². The van der Waals surface area contributed by atoms with Crippen LogP contribution in [0.4, 0.5) is 5.13 Å². The Morgan fingerprint density at radius 3 is 2.20 bits per heavy atom. The first-order valence-electron chi connectivity index (χ1n) is 12.7. The van der Waals surface area contributed by atoms with Crippen molar-refractivity contribution in [2.45, 2.75) is 44.4 Å². The van der Waals surface area contributed by atoms with Crippen LogP contribution in [0.25, 0.3) is 0 Å². The number of hydroxylamine groups is 2. The van der Waals surface area contributed by atoms with Gasteiger partial charge < -0.3 is 25.2 Å². The number of hydrogen-bond acceptors (Lipinski definition) is 13. The van der Waals surface area contributed by atoms with E-state index in [1.54, 1.807) is 48.5 Å². The molecule has 3 aromatic rings. The van der Waals surface area contributed by atoms with Crippen molar-refractivity contribution >= 4 is 50.4 Å². The van der Waals surface area contributed by atoms with E-state index in [1.807, 2.05) is 12.1 Å². The van der Waals surface area contributed by atoms with Crippen molar-refractivity contribution in [2.24, 2.45) is 5.16 Å². The van der Waals surface area contributed by atoms with Gasteiger partial charge in [0.1, 0.15) is 17.3 Å². The zero-order chi connectivity index (χ0) is 30.8. The fourth-order valence-electron chi connectivity index (χ4n) is 4.74. The number of esters is 1. The lowest BCUT2D eigenvalue weighted by Crippen LogP contribution is -2.81. The number of nitrogens with two attached hydrogens (primary N) is 1. The Morgan fingerprint density at radius 2 is 1.73 bits per heavy atom. The third-order valence-electron chi connectivity index (χ3n) is 6.93. The summed E-state index contributed by atoms with van der Waals surface area (Å²) in [4.78, 5) is 48.2. The molecule has 0 radical (unpaired) electrons. The fourth-order valence-corrected chi connectivity index (χ4v) is 5.69. The molecule has 1 saturated heterocycles. The number of rotatable bonds is 11. The normalized spacial score (nSPS) is 17.2. The van der Waals surface area contributed by atoms with E-state index in [4.69, 9.17) is 15.3 Å². The highest BCUT2D eigenvalue weighted by Crippen LogP contribution is 2.48. The summed E-state index contributed by atoms with van der Waals surface area (Å²) >= 11 is 0.995. The maximum atomic E-state index is 13.3. The summed E-state index contributed by atoms with van der Waals surface area (Å²) in [5, 5.41) is 8.23. The number of nitrogen functional groups attached to an aromatic ring is 1. The minimum absolute atomic E-state index is 0. The second-order valence-electron chi connectivity index (χ2n) is 9.61. The molecule has 1 aromatic heterocycles. The van der Waals surface area contributed by atoms with E-state index >= 15 is 0 Å². The van der Waals surface area contributed by atoms with Crippen LogP contribution in [0.1, 0.15) is 49.6 Å². The van der Waals surface area contributed by atoms with Crippen molar-refractivity contribution in [1.82, 2.24) is 15.4 Å². The summed E-state index contributed by atoms with van der Waals surface area (Å²) < 4.78 is 43.3. The van der Waals surface area contributed by atoms with E-state index in [0.29, 0.717) is 22.6 Å². The van der Waals surface area contributed by atoms with Gasteiger partial charge in [-0.25, -0.2) is 18.2 Å².